The van der Waals surface area contributed by atoms with Crippen LogP contribution < -0.4 is 10.1 Å². The van der Waals surface area contributed by atoms with E-state index in [0.29, 0.717) is 0 Å². The Kier molecular flexibility index (Phi) is 4.27. The van der Waals surface area contributed by atoms with Gasteiger partial charge in [-0.3, -0.25) is 4.68 Å². The van der Waals surface area contributed by atoms with Crippen LogP contribution in [0.2, 0.25) is 0 Å². The smallest absolute Gasteiger partial charge is 0.257 e. The highest BCUT2D eigenvalue weighted by Gasteiger charge is 2.16. The molecule has 0 radical (unpaired) electrons. The Labute approximate surface area is 128 Å². The molecular formula is C16H19F2N3O. The van der Waals surface area contributed by atoms with E-state index in [0.717, 1.165) is 30.9 Å². The molecule has 1 atom stereocenters. The summed E-state index contributed by atoms with van der Waals surface area (Å²) in [7, 11) is 0. The van der Waals surface area contributed by atoms with Gasteiger partial charge >= 0.3 is 0 Å². The third-order valence-corrected chi connectivity index (χ3v) is 3.82. The molecule has 0 bridgehead atoms. The van der Waals surface area contributed by atoms with Gasteiger partial charge in [0.2, 0.25) is 0 Å². The fraction of sp³-hybridized carbons (Fsp3) is 0.438. The molecule has 1 aliphatic rings. The Morgan fingerprint density at radius 1 is 1.41 bits per heavy atom. The number of nitrogens with one attached hydrogen (secondary N) is 1. The number of benzene rings is 1. The van der Waals surface area contributed by atoms with E-state index in [4.69, 9.17) is 4.74 Å². The molecule has 0 spiro atoms. The number of alkyl halides is 2. The van der Waals surface area contributed by atoms with Crippen molar-refractivity contribution in [3.63, 3.8) is 0 Å². The predicted molar refractivity (Wildman–Crippen MR) is 80.5 cm³/mol. The third kappa shape index (κ3) is 3.21. The zero-order chi connectivity index (χ0) is 15.5. The van der Waals surface area contributed by atoms with E-state index in [-0.39, 0.29) is 12.6 Å². The van der Waals surface area contributed by atoms with Crippen molar-refractivity contribution in [1.29, 1.82) is 0 Å². The van der Waals surface area contributed by atoms with E-state index in [9.17, 15) is 8.78 Å². The first kappa shape index (κ1) is 14.8. The molecule has 0 saturated heterocycles. The molecule has 2 heterocycles. The maximum absolute atomic E-state index is 12.4. The molecule has 1 unspecified atom stereocenters. The van der Waals surface area contributed by atoms with Crippen LogP contribution in [0.25, 0.3) is 0 Å². The van der Waals surface area contributed by atoms with Crippen LogP contribution in [0.1, 0.15) is 30.5 Å². The van der Waals surface area contributed by atoms with Crippen molar-refractivity contribution in [2.45, 2.75) is 38.8 Å². The molecule has 1 aromatic heterocycles. The summed E-state index contributed by atoms with van der Waals surface area (Å²) in [6.07, 6.45) is 2.63. The molecule has 4 nitrogen and oxygen atoms in total. The maximum Gasteiger partial charge on any atom is 0.257 e. The number of halogens is 2. The van der Waals surface area contributed by atoms with Gasteiger partial charge in [-0.15, -0.1) is 0 Å². The average Bonchev–Trinajstić information content (AvgIpc) is 3.12. The van der Waals surface area contributed by atoms with E-state index in [1.165, 1.54) is 15.8 Å². The number of hydrogen-bond acceptors (Lipinski definition) is 3. The largest absolute Gasteiger partial charge is 0.493 e. The molecule has 0 saturated carbocycles. The lowest BCUT2D eigenvalue weighted by molar-refractivity contribution is 0.122. The molecule has 1 aliphatic heterocycles. The first-order valence-corrected chi connectivity index (χ1v) is 7.48. The molecule has 2 aromatic rings. The van der Waals surface area contributed by atoms with E-state index in [2.05, 4.69) is 29.5 Å². The molecule has 1 N–H and O–H groups in total. The van der Waals surface area contributed by atoms with Crippen LogP contribution in [0, 0.1) is 0 Å². The standard InChI is InChI=1S/C16H19F2N3O/c1-2-14(11-3-4-15-12(7-11)5-6-22-15)20-13-8-19-21(9-13)10-16(17)18/h3-4,7-9,14,16,20H,2,5-6,10H2,1H3. The van der Waals surface area contributed by atoms with Gasteiger partial charge < -0.3 is 10.1 Å². The first-order chi connectivity index (χ1) is 10.7. The quantitative estimate of drug-likeness (QED) is 0.885. The van der Waals surface area contributed by atoms with Crippen molar-refractivity contribution >= 4 is 5.69 Å². The van der Waals surface area contributed by atoms with Gasteiger partial charge in [-0.25, -0.2) is 8.78 Å². The van der Waals surface area contributed by atoms with Gasteiger partial charge in [-0.05, 0) is 29.7 Å². The molecule has 22 heavy (non-hydrogen) atoms. The third-order valence-electron chi connectivity index (χ3n) is 3.82. The van der Waals surface area contributed by atoms with Crippen molar-refractivity contribution < 1.29 is 13.5 Å². The topological polar surface area (TPSA) is 39.1 Å². The summed E-state index contributed by atoms with van der Waals surface area (Å²) < 4.78 is 31.5. The summed E-state index contributed by atoms with van der Waals surface area (Å²) in [5.74, 6) is 0.961. The zero-order valence-electron chi connectivity index (χ0n) is 12.4. The summed E-state index contributed by atoms with van der Waals surface area (Å²) >= 11 is 0. The van der Waals surface area contributed by atoms with Crippen molar-refractivity contribution in [1.82, 2.24) is 9.78 Å². The molecule has 3 rings (SSSR count). The second-order valence-electron chi connectivity index (χ2n) is 5.41. The summed E-state index contributed by atoms with van der Waals surface area (Å²) in [6.45, 7) is 2.45. The molecule has 1 aromatic carbocycles. The van der Waals surface area contributed by atoms with Crippen LogP contribution in [0.5, 0.6) is 5.75 Å². The van der Waals surface area contributed by atoms with Gasteiger partial charge in [0.15, 0.2) is 0 Å². The van der Waals surface area contributed by atoms with Crippen LogP contribution in [0.15, 0.2) is 30.6 Å². The Bertz CT molecular complexity index is 642. The number of aromatic nitrogens is 2. The van der Waals surface area contributed by atoms with Crippen LogP contribution in [0.4, 0.5) is 14.5 Å². The van der Waals surface area contributed by atoms with E-state index < -0.39 is 6.43 Å². The van der Waals surface area contributed by atoms with Crippen molar-refractivity contribution in [2.24, 2.45) is 0 Å². The van der Waals surface area contributed by atoms with Crippen molar-refractivity contribution in [3.05, 3.63) is 41.7 Å². The molecule has 118 valence electrons. The number of hydrogen-bond donors (Lipinski definition) is 1. The van der Waals surface area contributed by atoms with Gasteiger partial charge in [0.1, 0.15) is 12.3 Å². The van der Waals surface area contributed by atoms with Crippen molar-refractivity contribution in [3.8, 4) is 5.75 Å². The van der Waals surface area contributed by atoms with Crippen LogP contribution in [-0.2, 0) is 13.0 Å². The van der Waals surface area contributed by atoms with Gasteiger partial charge in [-0.2, -0.15) is 5.10 Å². The maximum atomic E-state index is 12.4. The van der Waals surface area contributed by atoms with Crippen LogP contribution >= 0.6 is 0 Å². The SMILES string of the molecule is CCC(Nc1cnn(CC(F)F)c1)c1ccc2c(c1)CCO2. The number of nitrogens with zero attached hydrogens (tertiary/aromatic N) is 2. The fourth-order valence-electron chi connectivity index (χ4n) is 2.72. The normalized spacial score (nSPS) is 14.7. The van der Waals surface area contributed by atoms with Gasteiger partial charge in [0.05, 0.1) is 24.5 Å². The summed E-state index contributed by atoms with van der Waals surface area (Å²) in [5.41, 5.74) is 3.16. The minimum absolute atomic E-state index is 0.120. The Hall–Kier alpha value is -2.11. The lowest BCUT2D eigenvalue weighted by Crippen LogP contribution is -2.10. The second-order valence-corrected chi connectivity index (χ2v) is 5.41. The second kappa shape index (κ2) is 6.34. The Morgan fingerprint density at radius 2 is 2.27 bits per heavy atom. The van der Waals surface area contributed by atoms with Crippen LogP contribution in [-0.4, -0.2) is 22.8 Å². The lowest BCUT2D eigenvalue weighted by Gasteiger charge is -2.18. The van der Waals surface area contributed by atoms with Gasteiger partial charge in [-0.1, -0.05) is 13.0 Å². The zero-order valence-corrected chi connectivity index (χ0v) is 12.4. The minimum atomic E-state index is -2.40. The minimum Gasteiger partial charge on any atom is -0.493 e. The predicted octanol–water partition coefficient (Wildman–Crippen LogP) is 3.65. The summed E-state index contributed by atoms with van der Waals surface area (Å²) in [4.78, 5) is 0. The van der Waals surface area contributed by atoms with E-state index in [1.807, 2.05) is 6.07 Å². The summed E-state index contributed by atoms with van der Waals surface area (Å²) in [5, 5.41) is 7.31. The molecule has 0 aliphatic carbocycles. The number of rotatable bonds is 6. The Balaban J connectivity index is 1.73. The first-order valence-electron chi connectivity index (χ1n) is 7.48. The van der Waals surface area contributed by atoms with E-state index >= 15 is 0 Å². The highest BCUT2D eigenvalue weighted by molar-refractivity contribution is 5.45. The van der Waals surface area contributed by atoms with Gasteiger partial charge in [0.25, 0.3) is 6.43 Å². The molecule has 0 fully saturated rings. The summed E-state index contributed by atoms with van der Waals surface area (Å²) in [6, 6.07) is 6.33. The molecular weight excluding hydrogens is 288 g/mol. The number of ether oxygens (including phenoxy) is 1. The highest BCUT2D eigenvalue weighted by Crippen LogP contribution is 2.30. The average molecular weight is 307 g/mol. The monoisotopic (exact) mass is 307 g/mol. The van der Waals surface area contributed by atoms with Crippen LogP contribution in [0.3, 0.4) is 0 Å². The number of fused-ring (bicyclic) bond motifs is 1. The fourth-order valence-corrected chi connectivity index (χ4v) is 2.72. The van der Waals surface area contributed by atoms with Crippen molar-refractivity contribution in [2.75, 3.05) is 11.9 Å². The molecule has 6 heteroatoms. The highest BCUT2D eigenvalue weighted by atomic mass is 19.3. The number of anilines is 1. The molecule has 0 amide bonds. The lowest BCUT2D eigenvalue weighted by atomic mass is 10.0. The van der Waals surface area contributed by atoms with E-state index in [1.54, 1.807) is 12.4 Å². The Morgan fingerprint density at radius 3 is 3.05 bits per heavy atom. The van der Waals surface area contributed by atoms with Gasteiger partial charge in [0, 0.05) is 12.6 Å².